The molecule has 0 aliphatic heterocycles. The quantitative estimate of drug-likeness (QED) is 0.461. The van der Waals surface area contributed by atoms with Crippen molar-refractivity contribution < 1.29 is 19.1 Å². The molecule has 0 aliphatic rings. The smallest absolute Gasteiger partial charge is 0.329 e. The molecule has 0 radical (unpaired) electrons. The molecule has 2 N–H and O–H groups in total. The zero-order valence-electron chi connectivity index (χ0n) is 13.9. The van der Waals surface area contributed by atoms with Gasteiger partial charge in [0.1, 0.15) is 11.5 Å². The van der Waals surface area contributed by atoms with E-state index < -0.39 is 11.8 Å². The van der Waals surface area contributed by atoms with Gasteiger partial charge in [0.05, 0.1) is 32.7 Å². The zero-order valence-corrected chi connectivity index (χ0v) is 13.9. The third-order valence-electron chi connectivity index (χ3n) is 3.17. The number of aromatic nitrogens is 1. The second-order valence-corrected chi connectivity index (χ2v) is 4.81. The van der Waals surface area contributed by atoms with Crippen LogP contribution in [0.4, 0.5) is 0 Å². The van der Waals surface area contributed by atoms with Crippen LogP contribution < -0.4 is 20.2 Å². The number of hydrogen-bond acceptors (Lipinski definition) is 6. The van der Waals surface area contributed by atoms with Gasteiger partial charge < -0.3 is 14.8 Å². The average molecular weight is 342 g/mol. The van der Waals surface area contributed by atoms with Crippen molar-refractivity contribution in [2.45, 2.75) is 6.54 Å². The van der Waals surface area contributed by atoms with Crippen LogP contribution in [0.2, 0.25) is 0 Å². The Hall–Kier alpha value is -3.42. The summed E-state index contributed by atoms with van der Waals surface area (Å²) in [4.78, 5) is 27.4. The van der Waals surface area contributed by atoms with E-state index >= 15 is 0 Å². The van der Waals surface area contributed by atoms with Gasteiger partial charge in [0.15, 0.2) is 0 Å². The summed E-state index contributed by atoms with van der Waals surface area (Å²) < 4.78 is 10.3. The van der Waals surface area contributed by atoms with E-state index in [2.05, 4.69) is 20.8 Å². The van der Waals surface area contributed by atoms with Crippen molar-refractivity contribution in [2.24, 2.45) is 5.10 Å². The Bertz CT molecular complexity index is 762. The van der Waals surface area contributed by atoms with E-state index in [1.807, 2.05) is 0 Å². The van der Waals surface area contributed by atoms with Crippen LogP contribution in [0.15, 0.2) is 47.7 Å². The van der Waals surface area contributed by atoms with Crippen LogP contribution in [0, 0.1) is 0 Å². The number of carbonyl (C=O) groups excluding carboxylic acids is 2. The Kier molecular flexibility index (Phi) is 6.47. The molecule has 1 heterocycles. The molecule has 25 heavy (non-hydrogen) atoms. The molecule has 2 amide bonds. The number of rotatable bonds is 6. The molecule has 0 aliphatic carbocycles. The van der Waals surface area contributed by atoms with Crippen molar-refractivity contribution in [3.05, 3.63) is 53.9 Å². The highest BCUT2D eigenvalue weighted by molar-refractivity contribution is 6.35. The summed E-state index contributed by atoms with van der Waals surface area (Å²) in [5, 5.41) is 6.22. The molecule has 130 valence electrons. The Morgan fingerprint density at radius 1 is 1.16 bits per heavy atom. The number of pyridine rings is 1. The molecule has 2 rings (SSSR count). The lowest BCUT2D eigenvalue weighted by molar-refractivity contribution is -0.139. The molecule has 1 aromatic heterocycles. The monoisotopic (exact) mass is 342 g/mol. The third-order valence-corrected chi connectivity index (χ3v) is 3.17. The largest absolute Gasteiger partial charge is 0.497 e. The third kappa shape index (κ3) is 5.31. The van der Waals surface area contributed by atoms with Crippen LogP contribution in [0.1, 0.15) is 11.3 Å². The van der Waals surface area contributed by atoms with Crippen molar-refractivity contribution in [3.63, 3.8) is 0 Å². The molecule has 0 saturated heterocycles. The first-order valence-corrected chi connectivity index (χ1v) is 7.37. The molecule has 8 heteroatoms. The number of hydrazone groups is 1. The first-order chi connectivity index (χ1) is 12.1. The van der Waals surface area contributed by atoms with Crippen molar-refractivity contribution in [1.82, 2.24) is 15.7 Å². The molecule has 0 unspecified atom stereocenters. The lowest BCUT2D eigenvalue weighted by Crippen LogP contribution is -2.37. The predicted octanol–water partition coefficient (Wildman–Crippen LogP) is 0.865. The van der Waals surface area contributed by atoms with E-state index in [1.165, 1.54) is 13.3 Å². The summed E-state index contributed by atoms with van der Waals surface area (Å²) >= 11 is 0. The SMILES string of the molecule is COc1ccc(C=NNC(=O)C(=O)NCc2ccccn2)c(OC)c1. The topological polar surface area (TPSA) is 102 Å². The molecule has 8 nitrogen and oxygen atoms in total. The number of amides is 2. The van der Waals surface area contributed by atoms with Gasteiger partial charge in [-0.05, 0) is 24.3 Å². The lowest BCUT2D eigenvalue weighted by Gasteiger charge is -2.07. The molecule has 0 spiro atoms. The number of methoxy groups -OCH3 is 2. The minimum absolute atomic E-state index is 0.156. The van der Waals surface area contributed by atoms with Crippen molar-refractivity contribution in [1.29, 1.82) is 0 Å². The fourth-order valence-electron chi connectivity index (χ4n) is 1.89. The van der Waals surface area contributed by atoms with Crippen molar-refractivity contribution >= 4 is 18.0 Å². The van der Waals surface area contributed by atoms with Gasteiger partial charge in [0.2, 0.25) is 0 Å². The van der Waals surface area contributed by atoms with Crippen LogP contribution in [0.3, 0.4) is 0 Å². The van der Waals surface area contributed by atoms with Gasteiger partial charge in [-0.1, -0.05) is 6.07 Å². The summed E-state index contributed by atoms with van der Waals surface area (Å²) in [5.41, 5.74) is 3.43. The summed E-state index contributed by atoms with van der Waals surface area (Å²) in [5.74, 6) is -0.520. The van der Waals surface area contributed by atoms with Crippen LogP contribution >= 0.6 is 0 Å². The van der Waals surface area contributed by atoms with Crippen molar-refractivity contribution in [2.75, 3.05) is 14.2 Å². The summed E-state index contributed by atoms with van der Waals surface area (Å²) in [6, 6.07) is 10.4. The molecule has 1 aromatic carbocycles. The van der Waals surface area contributed by atoms with E-state index in [1.54, 1.807) is 49.7 Å². The highest BCUT2D eigenvalue weighted by atomic mass is 16.5. The van der Waals surface area contributed by atoms with Crippen LogP contribution in [-0.2, 0) is 16.1 Å². The summed E-state index contributed by atoms with van der Waals surface area (Å²) in [6.07, 6.45) is 2.98. The normalized spacial score (nSPS) is 10.3. The van der Waals surface area contributed by atoms with Crippen LogP contribution in [0.5, 0.6) is 11.5 Å². The fraction of sp³-hybridized carbons (Fsp3) is 0.176. The highest BCUT2D eigenvalue weighted by Gasteiger charge is 2.12. The highest BCUT2D eigenvalue weighted by Crippen LogP contribution is 2.22. The van der Waals surface area contributed by atoms with Crippen LogP contribution in [-0.4, -0.2) is 37.2 Å². The molecule has 0 fully saturated rings. The number of ether oxygens (including phenoxy) is 2. The van der Waals surface area contributed by atoms with Crippen molar-refractivity contribution in [3.8, 4) is 11.5 Å². The fourth-order valence-corrected chi connectivity index (χ4v) is 1.89. The first kappa shape index (κ1) is 17.9. The molecular weight excluding hydrogens is 324 g/mol. The van der Waals surface area contributed by atoms with Gasteiger partial charge in [-0.2, -0.15) is 5.10 Å². The average Bonchev–Trinajstić information content (AvgIpc) is 2.66. The van der Waals surface area contributed by atoms with Gasteiger partial charge >= 0.3 is 11.8 Å². The predicted molar refractivity (Wildman–Crippen MR) is 91.4 cm³/mol. The van der Waals surface area contributed by atoms with E-state index in [0.717, 1.165) is 0 Å². The zero-order chi connectivity index (χ0) is 18.1. The van der Waals surface area contributed by atoms with E-state index in [4.69, 9.17) is 9.47 Å². The minimum atomic E-state index is -0.875. The van der Waals surface area contributed by atoms with Crippen LogP contribution in [0.25, 0.3) is 0 Å². The second kappa shape index (κ2) is 9.02. The number of carbonyl (C=O) groups is 2. The maximum absolute atomic E-state index is 11.7. The Morgan fingerprint density at radius 2 is 2.00 bits per heavy atom. The number of benzene rings is 1. The van der Waals surface area contributed by atoms with Gasteiger partial charge in [0, 0.05) is 17.8 Å². The van der Waals surface area contributed by atoms with Gasteiger partial charge in [-0.3, -0.25) is 14.6 Å². The van der Waals surface area contributed by atoms with Gasteiger partial charge in [0.25, 0.3) is 0 Å². The molecule has 0 bridgehead atoms. The van der Waals surface area contributed by atoms with Gasteiger partial charge in [-0.25, -0.2) is 5.43 Å². The molecule has 0 saturated carbocycles. The van der Waals surface area contributed by atoms with Gasteiger partial charge in [-0.15, -0.1) is 0 Å². The summed E-state index contributed by atoms with van der Waals surface area (Å²) in [7, 11) is 3.06. The molecule has 2 aromatic rings. The Labute approximate surface area is 144 Å². The first-order valence-electron chi connectivity index (χ1n) is 7.37. The minimum Gasteiger partial charge on any atom is -0.497 e. The number of hydrogen-bond donors (Lipinski definition) is 2. The molecular formula is C17H18N4O4. The maximum Gasteiger partial charge on any atom is 0.329 e. The maximum atomic E-state index is 11.7. The number of nitrogens with one attached hydrogen (secondary N) is 2. The Balaban J connectivity index is 1.88. The lowest BCUT2D eigenvalue weighted by atomic mass is 10.2. The standard InChI is InChI=1S/C17H18N4O4/c1-24-14-7-6-12(15(9-14)25-2)10-20-21-17(23)16(22)19-11-13-5-3-4-8-18-13/h3-10H,11H2,1-2H3,(H,19,22)(H,21,23). The number of nitrogens with zero attached hydrogens (tertiary/aromatic N) is 2. The summed E-state index contributed by atoms with van der Waals surface area (Å²) in [6.45, 7) is 0.156. The Morgan fingerprint density at radius 3 is 2.68 bits per heavy atom. The second-order valence-electron chi connectivity index (χ2n) is 4.81. The van der Waals surface area contributed by atoms with E-state index in [9.17, 15) is 9.59 Å². The van der Waals surface area contributed by atoms with E-state index in [0.29, 0.717) is 22.8 Å². The molecule has 0 atom stereocenters. The van der Waals surface area contributed by atoms with E-state index in [-0.39, 0.29) is 6.54 Å².